The zero-order valence-electron chi connectivity index (χ0n) is 9.88. The van der Waals surface area contributed by atoms with E-state index in [-0.39, 0.29) is 0 Å². The number of aromatic nitrogens is 1. The van der Waals surface area contributed by atoms with Crippen LogP contribution in [0.1, 0.15) is 37.7 Å². The first-order valence-corrected chi connectivity index (χ1v) is 6.71. The molecule has 1 aromatic heterocycles. The van der Waals surface area contributed by atoms with E-state index in [0.29, 0.717) is 10.7 Å². The topological polar surface area (TPSA) is 24.9 Å². The summed E-state index contributed by atoms with van der Waals surface area (Å²) in [6, 6.07) is 3.94. The summed E-state index contributed by atoms with van der Waals surface area (Å²) in [5.74, 6) is 0. The predicted molar refractivity (Wildman–Crippen MR) is 71.0 cm³/mol. The van der Waals surface area contributed by atoms with Crippen LogP contribution in [-0.2, 0) is 0 Å². The van der Waals surface area contributed by atoms with Gasteiger partial charge >= 0.3 is 0 Å². The monoisotopic (exact) mass is 248 g/mol. The summed E-state index contributed by atoms with van der Waals surface area (Å²) in [5.41, 5.74) is 3.05. The molecule has 0 radical (unpaired) electrons. The predicted octanol–water partition coefficient (Wildman–Crippen LogP) is 3.42. The second kappa shape index (κ2) is 4.43. The summed E-state index contributed by atoms with van der Waals surface area (Å²) in [7, 11) is 0. The third kappa shape index (κ3) is 2.24. The molecule has 3 rings (SSSR count). The van der Waals surface area contributed by atoms with E-state index >= 15 is 0 Å². The molecule has 0 saturated carbocycles. The van der Waals surface area contributed by atoms with E-state index in [2.05, 4.69) is 22.4 Å². The Hall–Kier alpha value is -0.860. The van der Waals surface area contributed by atoms with Crippen molar-refractivity contribution in [2.45, 2.75) is 37.6 Å². The Balaban J connectivity index is 1.78. The van der Waals surface area contributed by atoms with Crippen molar-refractivity contribution in [3.8, 4) is 0 Å². The average molecular weight is 249 g/mol. The van der Waals surface area contributed by atoms with Crippen LogP contribution in [0, 0.1) is 0 Å². The summed E-state index contributed by atoms with van der Waals surface area (Å²) in [6.45, 7) is 1.19. The molecule has 0 amide bonds. The van der Waals surface area contributed by atoms with Crippen molar-refractivity contribution in [2.24, 2.45) is 0 Å². The second-order valence-electron chi connectivity index (χ2n) is 5.11. The van der Waals surface area contributed by atoms with Crippen molar-refractivity contribution >= 4 is 17.2 Å². The van der Waals surface area contributed by atoms with Gasteiger partial charge in [-0.2, -0.15) is 0 Å². The molecule has 1 spiro atoms. The van der Waals surface area contributed by atoms with Crippen LogP contribution in [0.25, 0.3) is 5.57 Å². The number of allylic oxidation sites excluding steroid dienone is 1. The highest BCUT2D eigenvalue weighted by molar-refractivity contribution is 6.29. The van der Waals surface area contributed by atoms with E-state index in [4.69, 9.17) is 11.6 Å². The highest BCUT2D eigenvalue weighted by Gasteiger charge is 2.34. The average Bonchev–Trinajstić information content (AvgIpc) is 2.80. The van der Waals surface area contributed by atoms with Crippen molar-refractivity contribution < 1.29 is 0 Å². The molecule has 1 unspecified atom stereocenters. The van der Waals surface area contributed by atoms with Crippen molar-refractivity contribution in [3.63, 3.8) is 0 Å². The Labute approximate surface area is 107 Å². The first-order chi connectivity index (χ1) is 8.27. The molecular weight excluding hydrogens is 232 g/mol. The highest BCUT2D eigenvalue weighted by Crippen LogP contribution is 2.37. The van der Waals surface area contributed by atoms with E-state index in [1.165, 1.54) is 36.9 Å². The fraction of sp³-hybridized carbons (Fsp3) is 0.500. The number of hydrogen-bond acceptors (Lipinski definition) is 2. The van der Waals surface area contributed by atoms with Crippen LogP contribution in [0.15, 0.2) is 24.4 Å². The van der Waals surface area contributed by atoms with Gasteiger partial charge in [-0.1, -0.05) is 23.7 Å². The van der Waals surface area contributed by atoms with Gasteiger partial charge in [-0.3, -0.25) is 0 Å². The van der Waals surface area contributed by atoms with Crippen molar-refractivity contribution in [1.29, 1.82) is 0 Å². The third-order valence-electron chi connectivity index (χ3n) is 4.04. The molecular formula is C14H17ClN2. The molecule has 90 valence electrons. The number of nitrogens with one attached hydrogen (secondary N) is 1. The molecule has 0 bridgehead atoms. The van der Waals surface area contributed by atoms with E-state index in [0.717, 1.165) is 12.8 Å². The molecule has 1 saturated heterocycles. The molecule has 1 fully saturated rings. The molecule has 1 aliphatic heterocycles. The van der Waals surface area contributed by atoms with Gasteiger partial charge in [0.1, 0.15) is 5.15 Å². The van der Waals surface area contributed by atoms with Crippen molar-refractivity contribution in [1.82, 2.24) is 10.3 Å². The molecule has 1 N–H and O–H groups in total. The zero-order chi connectivity index (χ0) is 11.7. The lowest BCUT2D eigenvalue weighted by Crippen LogP contribution is -2.40. The van der Waals surface area contributed by atoms with Gasteiger partial charge in [0.25, 0.3) is 0 Å². The molecule has 1 aliphatic carbocycles. The van der Waals surface area contributed by atoms with Crippen molar-refractivity contribution in [3.05, 3.63) is 35.1 Å². The fourth-order valence-electron chi connectivity index (χ4n) is 2.98. The van der Waals surface area contributed by atoms with Crippen LogP contribution in [0.4, 0.5) is 0 Å². The Bertz CT molecular complexity index is 430. The van der Waals surface area contributed by atoms with Gasteiger partial charge < -0.3 is 5.32 Å². The minimum absolute atomic E-state index is 0.406. The standard InChI is InChI=1S/C14H17ClN2/c15-13-3-2-12(10-16-13)11-4-7-14(8-5-11)6-1-9-17-14/h2-4,10,17H,1,5-9H2. The maximum absolute atomic E-state index is 5.81. The van der Waals surface area contributed by atoms with E-state index in [1.54, 1.807) is 0 Å². The third-order valence-corrected chi connectivity index (χ3v) is 4.27. The normalized spacial score (nSPS) is 28.4. The summed E-state index contributed by atoms with van der Waals surface area (Å²) in [6.07, 6.45) is 10.5. The van der Waals surface area contributed by atoms with Gasteiger partial charge in [0.15, 0.2) is 0 Å². The summed E-state index contributed by atoms with van der Waals surface area (Å²) in [5, 5.41) is 4.24. The zero-order valence-corrected chi connectivity index (χ0v) is 10.6. The molecule has 2 nitrogen and oxygen atoms in total. The van der Waals surface area contributed by atoms with E-state index < -0.39 is 0 Å². The first-order valence-electron chi connectivity index (χ1n) is 6.33. The maximum atomic E-state index is 5.81. The largest absolute Gasteiger partial charge is 0.311 e. The van der Waals surface area contributed by atoms with Gasteiger partial charge in [-0.15, -0.1) is 0 Å². The summed E-state index contributed by atoms with van der Waals surface area (Å²) < 4.78 is 0. The van der Waals surface area contributed by atoms with Gasteiger partial charge in [0, 0.05) is 11.7 Å². The van der Waals surface area contributed by atoms with Crippen molar-refractivity contribution in [2.75, 3.05) is 6.54 Å². The Kier molecular flexibility index (Phi) is 2.93. The molecule has 1 aromatic rings. The van der Waals surface area contributed by atoms with Crippen LogP contribution in [0.5, 0.6) is 0 Å². The Morgan fingerprint density at radius 2 is 2.24 bits per heavy atom. The SMILES string of the molecule is Clc1ccc(C2=CCC3(CCCN3)CC2)cn1. The minimum atomic E-state index is 0.406. The van der Waals surface area contributed by atoms with Crippen LogP contribution < -0.4 is 5.32 Å². The number of hydrogen-bond donors (Lipinski definition) is 1. The van der Waals surface area contributed by atoms with E-state index in [9.17, 15) is 0 Å². The van der Waals surface area contributed by atoms with Crippen LogP contribution in [0.3, 0.4) is 0 Å². The molecule has 3 heteroatoms. The molecule has 2 heterocycles. The minimum Gasteiger partial charge on any atom is -0.311 e. The summed E-state index contributed by atoms with van der Waals surface area (Å²) >= 11 is 5.81. The summed E-state index contributed by atoms with van der Waals surface area (Å²) in [4.78, 5) is 4.15. The molecule has 17 heavy (non-hydrogen) atoms. The van der Waals surface area contributed by atoms with Gasteiger partial charge in [-0.05, 0) is 55.9 Å². The quantitative estimate of drug-likeness (QED) is 0.771. The van der Waals surface area contributed by atoms with Gasteiger partial charge in [0.2, 0.25) is 0 Å². The van der Waals surface area contributed by atoms with Gasteiger partial charge in [-0.25, -0.2) is 4.98 Å². The fourth-order valence-corrected chi connectivity index (χ4v) is 3.09. The van der Waals surface area contributed by atoms with Crippen LogP contribution >= 0.6 is 11.6 Å². The Morgan fingerprint density at radius 1 is 1.29 bits per heavy atom. The lowest BCUT2D eigenvalue weighted by atomic mass is 9.80. The number of rotatable bonds is 1. The first kappa shape index (κ1) is 11.2. The molecule has 0 aromatic carbocycles. The highest BCUT2D eigenvalue weighted by atomic mass is 35.5. The molecule has 1 atom stereocenters. The number of pyridine rings is 1. The second-order valence-corrected chi connectivity index (χ2v) is 5.50. The van der Waals surface area contributed by atoms with E-state index in [1.807, 2.05) is 12.3 Å². The van der Waals surface area contributed by atoms with Crippen LogP contribution in [-0.4, -0.2) is 17.1 Å². The van der Waals surface area contributed by atoms with Gasteiger partial charge in [0.05, 0.1) is 0 Å². The smallest absolute Gasteiger partial charge is 0.129 e. The Morgan fingerprint density at radius 3 is 2.82 bits per heavy atom. The maximum Gasteiger partial charge on any atom is 0.129 e. The lowest BCUT2D eigenvalue weighted by Gasteiger charge is -2.33. The molecule has 2 aliphatic rings. The number of halogens is 1. The lowest BCUT2D eigenvalue weighted by molar-refractivity contribution is 0.347. The van der Waals surface area contributed by atoms with Crippen LogP contribution in [0.2, 0.25) is 5.15 Å². The number of nitrogens with zero attached hydrogens (tertiary/aromatic N) is 1.